The van der Waals surface area contributed by atoms with Gasteiger partial charge in [-0.2, -0.15) is 0 Å². The monoisotopic (exact) mass is 373 g/mol. The van der Waals surface area contributed by atoms with Gasteiger partial charge in [0.25, 0.3) is 0 Å². The van der Waals surface area contributed by atoms with Crippen molar-refractivity contribution in [1.82, 2.24) is 9.97 Å². The molecule has 3 aromatic rings. The topological polar surface area (TPSA) is 64.1 Å². The van der Waals surface area contributed by atoms with Gasteiger partial charge in [-0.05, 0) is 31.2 Å². The number of hydrogen-bond donors (Lipinski definition) is 1. The zero-order valence-corrected chi connectivity index (χ0v) is 15.1. The lowest BCUT2D eigenvalue weighted by atomic mass is 10.2. The number of halogens is 1. The van der Waals surface area contributed by atoms with Gasteiger partial charge in [-0.3, -0.25) is 9.78 Å². The van der Waals surface area contributed by atoms with Crippen LogP contribution < -0.4 is 10.1 Å². The molecule has 0 bridgehead atoms. The van der Waals surface area contributed by atoms with E-state index >= 15 is 0 Å². The molecule has 25 heavy (non-hydrogen) atoms. The Morgan fingerprint density at radius 3 is 2.92 bits per heavy atom. The number of nitrogens with zero attached hydrogens (tertiary/aromatic N) is 2. The highest BCUT2D eigenvalue weighted by atomic mass is 35.5. The lowest BCUT2D eigenvalue weighted by Gasteiger charge is -2.10. The molecule has 0 atom stereocenters. The lowest BCUT2D eigenvalue weighted by Crippen LogP contribution is -2.14. The van der Waals surface area contributed by atoms with Gasteiger partial charge in [-0.1, -0.05) is 17.7 Å². The standard InChI is InChI=1S/C18H16ClN3O2S/c1-12-21-15(11-25-12)8-18(23)22-14-4-5-17(16(19)7-14)24-10-13-3-2-6-20-9-13/h2-7,9,11H,8,10H2,1H3,(H,22,23). The van der Waals surface area contributed by atoms with Crippen LogP contribution in [0, 0.1) is 6.92 Å². The summed E-state index contributed by atoms with van der Waals surface area (Å²) >= 11 is 7.77. The maximum Gasteiger partial charge on any atom is 0.230 e. The molecular weight excluding hydrogens is 358 g/mol. The summed E-state index contributed by atoms with van der Waals surface area (Å²) in [6.07, 6.45) is 3.69. The van der Waals surface area contributed by atoms with Gasteiger partial charge in [0.2, 0.25) is 5.91 Å². The second-order valence-corrected chi connectivity index (χ2v) is 6.85. The van der Waals surface area contributed by atoms with Gasteiger partial charge >= 0.3 is 0 Å². The van der Waals surface area contributed by atoms with Crippen molar-refractivity contribution in [3.63, 3.8) is 0 Å². The Balaban J connectivity index is 1.58. The van der Waals surface area contributed by atoms with Gasteiger partial charge in [0.1, 0.15) is 12.4 Å². The van der Waals surface area contributed by atoms with E-state index in [0.29, 0.717) is 23.1 Å². The maximum absolute atomic E-state index is 12.1. The molecule has 0 radical (unpaired) electrons. The highest BCUT2D eigenvalue weighted by Gasteiger charge is 2.09. The molecule has 0 aliphatic heterocycles. The van der Waals surface area contributed by atoms with E-state index in [-0.39, 0.29) is 12.3 Å². The van der Waals surface area contributed by atoms with Crippen molar-refractivity contribution in [1.29, 1.82) is 0 Å². The van der Waals surface area contributed by atoms with E-state index in [1.54, 1.807) is 30.6 Å². The predicted octanol–water partition coefficient (Wildman–Crippen LogP) is 4.26. The number of ether oxygens (including phenoxy) is 1. The van der Waals surface area contributed by atoms with Crippen LogP contribution in [0.25, 0.3) is 0 Å². The van der Waals surface area contributed by atoms with Crippen LogP contribution in [0.15, 0.2) is 48.1 Å². The normalized spacial score (nSPS) is 10.5. The summed E-state index contributed by atoms with van der Waals surface area (Å²) in [5.41, 5.74) is 2.34. The fourth-order valence-electron chi connectivity index (χ4n) is 2.20. The number of hydrogen-bond acceptors (Lipinski definition) is 5. The van der Waals surface area contributed by atoms with Crippen LogP contribution in [-0.4, -0.2) is 15.9 Å². The molecule has 0 unspecified atom stereocenters. The first-order valence-electron chi connectivity index (χ1n) is 7.62. The minimum Gasteiger partial charge on any atom is -0.487 e. The summed E-state index contributed by atoms with van der Waals surface area (Å²) in [6, 6.07) is 8.94. The summed E-state index contributed by atoms with van der Waals surface area (Å²) in [6.45, 7) is 2.29. The van der Waals surface area contributed by atoms with Crippen molar-refractivity contribution >= 4 is 34.5 Å². The molecule has 1 aromatic carbocycles. The van der Waals surface area contributed by atoms with Gasteiger partial charge in [-0.25, -0.2) is 4.98 Å². The molecule has 1 N–H and O–H groups in total. The summed E-state index contributed by atoms with van der Waals surface area (Å²) < 4.78 is 5.69. The second-order valence-electron chi connectivity index (χ2n) is 5.38. The van der Waals surface area contributed by atoms with Crippen molar-refractivity contribution in [2.45, 2.75) is 20.0 Å². The molecule has 3 rings (SSSR count). The highest BCUT2D eigenvalue weighted by molar-refractivity contribution is 7.09. The Morgan fingerprint density at radius 1 is 1.36 bits per heavy atom. The second kappa shape index (κ2) is 8.09. The molecule has 0 saturated carbocycles. The summed E-state index contributed by atoms with van der Waals surface area (Å²) in [7, 11) is 0. The highest BCUT2D eigenvalue weighted by Crippen LogP contribution is 2.28. The molecule has 0 saturated heterocycles. The average Bonchev–Trinajstić information content (AvgIpc) is 2.99. The number of thiazole rings is 1. The minimum atomic E-state index is -0.134. The first-order valence-corrected chi connectivity index (χ1v) is 8.88. The summed E-state index contributed by atoms with van der Waals surface area (Å²) in [4.78, 5) is 20.4. The van der Waals surface area contributed by atoms with Gasteiger partial charge in [0, 0.05) is 29.0 Å². The Bertz CT molecular complexity index is 868. The number of nitrogens with one attached hydrogen (secondary N) is 1. The van der Waals surface area contributed by atoms with Crippen LogP contribution >= 0.6 is 22.9 Å². The number of benzene rings is 1. The zero-order chi connectivity index (χ0) is 17.6. The maximum atomic E-state index is 12.1. The van der Waals surface area contributed by atoms with E-state index in [0.717, 1.165) is 16.3 Å². The molecule has 7 heteroatoms. The Hall–Kier alpha value is -2.44. The van der Waals surface area contributed by atoms with E-state index in [2.05, 4.69) is 15.3 Å². The van der Waals surface area contributed by atoms with E-state index < -0.39 is 0 Å². The van der Waals surface area contributed by atoms with Crippen LogP contribution in [-0.2, 0) is 17.8 Å². The number of rotatable bonds is 6. The molecular formula is C18H16ClN3O2S. The number of carbonyl (C=O) groups excluding carboxylic acids is 1. The van der Waals surface area contributed by atoms with Crippen LogP contribution in [0.5, 0.6) is 5.75 Å². The number of pyridine rings is 1. The Morgan fingerprint density at radius 2 is 2.24 bits per heavy atom. The molecule has 2 heterocycles. The third-order valence-electron chi connectivity index (χ3n) is 3.34. The summed E-state index contributed by atoms with van der Waals surface area (Å²) in [5, 5.41) is 6.08. The molecule has 0 fully saturated rings. The predicted molar refractivity (Wildman–Crippen MR) is 99.2 cm³/mol. The van der Waals surface area contributed by atoms with Crippen molar-refractivity contribution < 1.29 is 9.53 Å². The third-order valence-corrected chi connectivity index (χ3v) is 4.46. The van der Waals surface area contributed by atoms with Gasteiger partial charge in [0.05, 0.1) is 22.1 Å². The molecule has 128 valence electrons. The van der Waals surface area contributed by atoms with Crippen LogP contribution in [0.3, 0.4) is 0 Å². The Kier molecular flexibility index (Phi) is 5.63. The fourth-order valence-corrected chi connectivity index (χ4v) is 3.05. The Labute approximate surface area is 154 Å². The minimum absolute atomic E-state index is 0.134. The van der Waals surface area contributed by atoms with Gasteiger partial charge < -0.3 is 10.1 Å². The molecule has 0 aliphatic carbocycles. The molecule has 0 spiro atoms. The van der Waals surface area contributed by atoms with E-state index in [1.165, 1.54) is 11.3 Å². The van der Waals surface area contributed by atoms with Crippen molar-refractivity contribution in [2.75, 3.05) is 5.32 Å². The number of aryl methyl sites for hydroxylation is 1. The molecule has 2 aromatic heterocycles. The van der Waals surface area contributed by atoms with Gasteiger partial charge in [0.15, 0.2) is 0 Å². The van der Waals surface area contributed by atoms with E-state index in [4.69, 9.17) is 16.3 Å². The number of amides is 1. The van der Waals surface area contributed by atoms with Crippen molar-refractivity contribution in [3.8, 4) is 5.75 Å². The molecule has 5 nitrogen and oxygen atoms in total. The number of aromatic nitrogens is 2. The van der Waals surface area contributed by atoms with E-state index in [9.17, 15) is 4.79 Å². The van der Waals surface area contributed by atoms with E-state index in [1.807, 2.05) is 24.4 Å². The van der Waals surface area contributed by atoms with Crippen LogP contribution in [0.2, 0.25) is 5.02 Å². The summed E-state index contributed by atoms with van der Waals surface area (Å²) in [5.74, 6) is 0.420. The first-order chi connectivity index (χ1) is 12.1. The fraction of sp³-hybridized carbons (Fsp3) is 0.167. The first kappa shape index (κ1) is 17.4. The number of carbonyl (C=O) groups is 1. The lowest BCUT2D eigenvalue weighted by molar-refractivity contribution is -0.115. The van der Waals surface area contributed by atoms with Crippen molar-refractivity contribution in [3.05, 3.63) is 69.4 Å². The van der Waals surface area contributed by atoms with Crippen LogP contribution in [0.4, 0.5) is 5.69 Å². The zero-order valence-electron chi connectivity index (χ0n) is 13.5. The SMILES string of the molecule is Cc1nc(CC(=O)Nc2ccc(OCc3cccnc3)c(Cl)c2)cs1. The molecule has 0 aliphatic rings. The van der Waals surface area contributed by atoms with Crippen molar-refractivity contribution in [2.24, 2.45) is 0 Å². The third kappa shape index (κ3) is 5.01. The average molecular weight is 374 g/mol. The quantitative estimate of drug-likeness (QED) is 0.701. The largest absolute Gasteiger partial charge is 0.487 e. The smallest absolute Gasteiger partial charge is 0.230 e. The molecule has 1 amide bonds. The number of anilines is 1. The van der Waals surface area contributed by atoms with Gasteiger partial charge in [-0.15, -0.1) is 11.3 Å². The van der Waals surface area contributed by atoms with Crippen LogP contribution in [0.1, 0.15) is 16.3 Å².